The highest BCUT2D eigenvalue weighted by atomic mass is 35.5. The Labute approximate surface area is 213 Å². The number of imidazole rings is 1. The number of nitrogens with zero attached hydrogens (tertiary/aromatic N) is 5. The number of amides is 1. The number of carbonyl (C=O) groups excluding carboxylic acids is 1. The Balaban J connectivity index is 1.35. The van der Waals surface area contributed by atoms with E-state index in [0.29, 0.717) is 71.9 Å². The molecule has 0 bridgehead atoms. The number of carbonyl (C=O) groups is 1. The lowest BCUT2D eigenvalue weighted by molar-refractivity contribution is -0.130. The van der Waals surface area contributed by atoms with Crippen molar-refractivity contribution in [2.24, 2.45) is 0 Å². The molecule has 0 spiro atoms. The second-order valence-electron chi connectivity index (χ2n) is 8.43. The van der Waals surface area contributed by atoms with Gasteiger partial charge in [-0.15, -0.1) is 0 Å². The Morgan fingerprint density at radius 1 is 1.00 bits per heavy atom. The number of rotatable bonds is 6. The zero-order valence-corrected chi connectivity index (χ0v) is 20.7. The molecule has 11 heteroatoms. The van der Waals surface area contributed by atoms with Crippen LogP contribution >= 0.6 is 11.6 Å². The van der Waals surface area contributed by atoms with Crippen LogP contribution in [-0.4, -0.2) is 71.1 Å². The van der Waals surface area contributed by atoms with Gasteiger partial charge in [0.15, 0.2) is 23.0 Å². The van der Waals surface area contributed by atoms with Crippen molar-refractivity contribution in [3.8, 4) is 22.9 Å². The van der Waals surface area contributed by atoms with E-state index in [0.717, 1.165) is 11.1 Å². The summed E-state index contributed by atoms with van der Waals surface area (Å²) in [7, 11) is 3.18. The van der Waals surface area contributed by atoms with Gasteiger partial charge in [0.25, 0.3) is 0 Å². The molecule has 1 saturated heterocycles. The number of methoxy groups -OCH3 is 2. The van der Waals surface area contributed by atoms with Gasteiger partial charge in [0.1, 0.15) is 11.3 Å². The summed E-state index contributed by atoms with van der Waals surface area (Å²) in [6, 6.07) is 12.9. The fourth-order valence-corrected chi connectivity index (χ4v) is 4.43. The number of ether oxygens (including phenoxy) is 2. The molecule has 0 radical (unpaired) electrons. The SMILES string of the molecule is COc1ccc(-c2nc3nc(N)nc(N4CCN(C(=O)Cc5ccc(Cl)cc5)CC4)c3[nH]2)cc1OC. The molecule has 36 heavy (non-hydrogen) atoms. The number of benzene rings is 2. The van der Waals surface area contributed by atoms with E-state index in [-0.39, 0.29) is 11.9 Å². The van der Waals surface area contributed by atoms with Gasteiger partial charge in [0.2, 0.25) is 11.9 Å². The Morgan fingerprint density at radius 3 is 2.42 bits per heavy atom. The van der Waals surface area contributed by atoms with Gasteiger partial charge in [0.05, 0.1) is 20.6 Å². The quantitative estimate of drug-likeness (QED) is 0.408. The van der Waals surface area contributed by atoms with Crippen LogP contribution in [0.2, 0.25) is 5.02 Å². The lowest BCUT2D eigenvalue weighted by atomic mass is 10.1. The molecule has 0 saturated carbocycles. The molecule has 3 N–H and O–H groups in total. The van der Waals surface area contributed by atoms with Gasteiger partial charge >= 0.3 is 0 Å². The minimum absolute atomic E-state index is 0.0848. The van der Waals surface area contributed by atoms with Crippen LogP contribution in [0.3, 0.4) is 0 Å². The topological polar surface area (TPSA) is 122 Å². The minimum Gasteiger partial charge on any atom is -0.493 e. The van der Waals surface area contributed by atoms with Crippen molar-refractivity contribution in [1.29, 1.82) is 0 Å². The molecule has 2 aromatic carbocycles. The van der Waals surface area contributed by atoms with Crippen LogP contribution < -0.4 is 20.1 Å². The van der Waals surface area contributed by atoms with E-state index in [2.05, 4.69) is 24.8 Å². The van der Waals surface area contributed by atoms with E-state index in [4.69, 9.17) is 26.8 Å². The highest BCUT2D eigenvalue weighted by Crippen LogP contribution is 2.33. The second-order valence-corrected chi connectivity index (χ2v) is 8.87. The number of aromatic amines is 1. The van der Waals surface area contributed by atoms with Crippen molar-refractivity contribution in [3.63, 3.8) is 0 Å². The summed E-state index contributed by atoms with van der Waals surface area (Å²) in [4.78, 5) is 33.6. The number of H-pyrrole nitrogens is 1. The van der Waals surface area contributed by atoms with E-state index < -0.39 is 0 Å². The van der Waals surface area contributed by atoms with E-state index in [1.165, 1.54) is 0 Å². The summed E-state index contributed by atoms with van der Waals surface area (Å²) in [5, 5.41) is 0.656. The fraction of sp³-hybridized carbons (Fsp3) is 0.280. The molecule has 1 aliphatic heterocycles. The first-order valence-electron chi connectivity index (χ1n) is 11.5. The van der Waals surface area contributed by atoms with Crippen LogP contribution in [0.1, 0.15) is 5.56 Å². The van der Waals surface area contributed by atoms with Crippen molar-refractivity contribution in [3.05, 3.63) is 53.1 Å². The van der Waals surface area contributed by atoms with Crippen LogP contribution in [0.25, 0.3) is 22.6 Å². The maximum absolute atomic E-state index is 12.8. The summed E-state index contributed by atoms with van der Waals surface area (Å²) in [6.07, 6.45) is 0.344. The number of anilines is 2. The number of hydrogen-bond donors (Lipinski definition) is 2. The number of piperazine rings is 1. The summed E-state index contributed by atoms with van der Waals surface area (Å²) < 4.78 is 10.8. The molecule has 1 aliphatic rings. The standard InChI is InChI=1S/C25H26ClN7O3/c1-35-18-8-5-16(14-19(18)36-2)22-28-21-23(29-22)30-25(27)31-24(21)33-11-9-32(10-12-33)20(34)13-15-3-6-17(26)7-4-15/h3-8,14H,9-13H2,1-2H3,(H3,27,28,29,30,31). The molecule has 3 heterocycles. The molecule has 186 valence electrons. The first-order chi connectivity index (χ1) is 17.4. The summed E-state index contributed by atoms with van der Waals surface area (Å²) in [5.41, 5.74) is 8.94. The Hall–Kier alpha value is -4.05. The number of nitrogen functional groups attached to an aromatic ring is 1. The van der Waals surface area contributed by atoms with Crippen molar-refractivity contribution in [2.45, 2.75) is 6.42 Å². The van der Waals surface area contributed by atoms with Gasteiger partial charge in [-0.25, -0.2) is 4.98 Å². The third-order valence-electron chi connectivity index (χ3n) is 6.21. The van der Waals surface area contributed by atoms with Crippen LogP contribution in [0.5, 0.6) is 11.5 Å². The molecule has 5 rings (SSSR count). The largest absolute Gasteiger partial charge is 0.493 e. The summed E-state index contributed by atoms with van der Waals surface area (Å²) in [6.45, 7) is 2.38. The molecule has 2 aromatic heterocycles. The first kappa shape index (κ1) is 23.7. The van der Waals surface area contributed by atoms with Crippen LogP contribution in [0.15, 0.2) is 42.5 Å². The molecular formula is C25H26ClN7O3. The van der Waals surface area contributed by atoms with Gasteiger partial charge in [-0.1, -0.05) is 23.7 Å². The molecular weight excluding hydrogens is 482 g/mol. The lowest BCUT2D eigenvalue weighted by Crippen LogP contribution is -2.49. The van der Waals surface area contributed by atoms with Gasteiger partial charge in [0, 0.05) is 36.8 Å². The predicted octanol–water partition coefficient (Wildman–Crippen LogP) is 3.16. The van der Waals surface area contributed by atoms with Crippen LogP contribution in [-0.2, 0) is 11.2 Å². The summed E-state index contributed by atoms with van der Waals surface area (Å²) in [5.74, 6) is 2.74. The smallest absolute Gasteiger partial charge is 0.227 e. The van der Waals surface area contributed by atoms with E-state index in [1.807, 2.05) is 35.2 Å². The number of hydrogen-bond acceptors (Lipinski definition) is 8. The van der Waals surface area contributed by atoms with Gasteiger partial charge in [-0.05, 0) is 35.9 Å². The van der Waals surface area contributed by atoms with Gasteiger partial charge < -0.3 is 30.0 Å². The van der Waals surface area contributed by atoms with E-state index in [9.17, 15) is 4.79 Å². The molecule has 0 unspecified atom stereocenters. The van der Waals surface area contributed by atoms with E-state index >= 15 is 0 Å². The van der Waals surface area contributed by atoms with Gasteiger partial charge in [-0.2, -0.15) is 9.97 Å². The number of aromatic nitrogens is 4. The molecule has 1 fully saturated rings. The average Bonchev–Trinajstić information content (AvgIpc) is 3.33. The first-order valence-corrected chi connectivity index (χ1v) is 11.9. The second kappa shape index (κ2) is 9.90. The number of halogens is 1. The normalized spacial score (nSPS) is 13.8. The molecule has 0 atom stereocenters. The van der Waals surface area contributed by atoms with Gasteiger partial charge in [-0.3, -0.25) is 4.79 Å². The molecule has 10 nitrogen and oxygen atoms in total. The molecule has 0 aliphatic carbocycles. The Morgan fingerprint density at radius 2 is 1.72 bits per heavy atom. The monoisotopic (exact) mass is 507 g/mol. The Kier molecular flexibility index (Phi) is 6.51. The lowest BCUT2D eigenvalue weighted by Gasteiger charge is -2.35. The highest BCUT2D eigenvalue weighted by molar-refractivity contribution is 6.30. The van der Waals surface area contributed by atoms with Crippen molar-refractivity contribution in [2.75, 3.05) is 51.0 Å². The third kappa shape index (κ3) is 4.72. The Bertz CT molecular complexity index is 1400. The van der Waals surface area contributed by atoms with Crippen molar-refractivity contribution < 1.29 is 14.3 Å². The number of fused-ring (bicyclic) bond motifs is 1. The third-order valence-corrected chi connectivity index (χ3v) is 6.46. The van der Waals surface area contributed by atoms with Crippen LogP contribution in [0.4, 0.5) is 11.8 Å². The van der Waals surface area contributed by atoms with Crippen molar-refractivity contribution >= 4 is 40.4 Å². The maximum atomic E-state index is 12.8. The van der Waals surface area contributed by atoms with Crippen LogP contribution in [0, 0.1) is 0 Å². The number of nitrogens with one attached hydrogen (secondary N) is 1. The highest BCUT2D eigenvalue weighted by Gasteiger charge is 2.25. The van der Waals surface area contributed by atoms with Crippen molar-refractivity contribution in [1.82, 2.24) is 24.8 Å². The zero-order valence-electron chi connectivity index (χ0n) is 20.0. The minimum atomic E-state index is 0.0848. The predicted molar refractivity (Wildman–Crippen MR) is 139 cm³/mol. The zero-order chi connectivity index (χ0) is 25.2. The fourth-order valence-electron chi connectivity index (χ4n) is 4.30. The average molecular weight is 508 g/mol. The van der Waals surface area contributed by atoms with E-state index in [1.54, 1.807) is 26.4 Å². The maximum Gasteiger partial charge on any atom is 0.227 e. The summed E-state index contributed by atoms with van der Waals surface area (Å²) >= 11 is 5.95. The molecule has 1 amide bonds. The molecule has 4 aromatic rings. The number of nitrogens with two attached hydrogens (primary N) is 1.